The maximum Gasteiger partial charge on any atom is 0.555 e. The Kier molecular flexibility index (Phi) is 4.84. The number of aliphatic hydroxyl groups excluding tert-OH is 1. The fraction of sp³-hybridized carbons (Fsp3) is 0.818. The zero-order valence-electron chi connectivity index (χ0n) is 11.9. The van der Waals surface area contributed by atoms with Gasteiger partial charge in [0.1, 0.15) is 12.1 Å². The molecule has 2 saturated heterocycles. The number of nitrogens with two attached hydrogens (primary N) is 2. The molecule has 0 bridgehead atoms. The van der Waals surface area contributed by atoms with E-state index in [0.717, 1.165) is 0 Å². The Morgan fingerprint density at radius 1 is 1.71 bits per heavy atom. The van der Waals surface area contributed by atoms with Crippen LogP contribution in [-0.4, -0.2) is 79.5 Å². The second-order valence-corrected chi connectivity index (χ2v) is 5.16. The van der Waals surface area contributed by atoms with E-state index < -0.39 is 43.3 Å². The summed E-state index contributed by atoms with van der Waals surface area (Å²) in [6.07, 6.45) is -0.690. The van der Waals surface area contributed by atoms with Crippen molar-refractivity contribution in [1.82, 2.24) is 4.90 Å². The third-order valence-electron chi connectivity index (χ3n) is 3.64. The Morgan fingerprint density at radius 3 is 3.05 bits per heavy atom. The molecule has 1 amide bonds. The molecular weight excluding hydrogens is 281 g/mol. The highest BCUT2D eigenvalue weighted by atomic mass is 16.6. The Balaban J connectivity index is 2.10. The van der Waals surface area contributed by atoms with Crippen LogP contribution in [0.2, 0.25) is 0 Å². The lowest BCUT2D eigenvalue weighted by Gasteiger charge is -2.25. The van der Waals surface area contributed by atoms with Crippen molar-refractivity contribution in [2.75, 3.05) is 32.8 Å². The zero-order valence-corrected chi connectivity index (χ0v) is 11.9. The molecule has 3 atom stereocenters. The van der Waals surface area contributed by atoms with Crippen LogP contribution in [0.5, 0.6) is 0 Å². The molecule has 3 unspecified atom stereocenters. The number of fused-ring (bicyclic) bond motifs is 1. The summed E-state index contributed by atoms with van der Waals surface area (Å²) in [5, 5.41) is 8.94. The van der Waals surface area contributed by atoms with Crippen molar-refractivity contribution in [3.8, 4) is 0 Å². The van der Waals surface area contributed by atoms with E-state index in [1.165, 1.54) is 4.90 Å². The molecule has 21 heavy (non-hydrogen) atoms. The molecule has 10 heteroatoms. The second-order valence-electron chi connectivity index (χ2n) is 5.16. The first-order valence-corrected chi connectivity index (χ1v) is 6.80. The molecule has 2 aliphatic heterocycles. The molecular formula is C11H20BN3O6. The first-order valence-electron chi connectivity index (χ1n) is 6.80. The average molecular weight is 301 g/mol. The van der Waals surface area contributed by atoms with Crippen molar-refractivity contribution in [1.29, 1.82) is 0 Å². The van der Waals surface area contributed by atoms with Crippen molar-refractivity contribution >= 4 is 19.0 Å². The largest absolute Gasteiger partial charge is 0.555 e. The number of aliphatic hydroxyl groups is 1. The van der Waals surface area contributed by atoms with Crippen molar-refractivity contribution in [3.63, 3.8) is 0 Å². The Hall–Kier alpha value is -1.20. The van der Waals surface area contributed by atoms with E-state index in [2.05, 4.69) is 0 Å². The molecule has 0 aliphatic carbocycles. The van der Waals surface area contributed by atoms with Crippen LogP contribution in [0.15, 0.2) is 0 Å². The number of amides is 1. The molecule has 118 valence electrons. The first kappa shape index (κ1) is 16.2. The highest BCUT2D eigenvalue weighted by Crippen LogP contribution is 2.27. The molecule has 2 fully saturated rings. The number of likely N-dealkylation sites (tertiary alicyclic amines) is 1. The number of rotatable bonds is 4. The predicted molar refractivity (Wildman–Crippen MR) is 71.8 cm³/mol. The lowest BCUT2D eigenvalue weighted by atomic mass is 9.92. The summed E-state index contributed by atoms with van der Waals surface area (Å²) in [5.41, 5.74) is 10.1. The molecule has 0 radical (unpaired) electrons. The Labute approximate surface area is 122 Å². The standard InChI is InChI=1S/C11H20BN3O6/c1-2-20-12-6-19-8-3-15(9(17)7(13)4-16)5-11(8,14)10(18)21-12/h7-8,16H,2-6,13-14H2,1H3. The Bertz CT molecular complexity index is 425. The molecule has 0 aromatic rings. The van der Waals surface area contributed by atoms with Crippen molar-refractivity contribution in [2.45, 2.75) is 24.6 Å². The monoisotopic (exact) mass is 301 g/mol. The fourth-order valence-electron chi connectivity index (χ4n) is 2.45. The van der Waals surface area contributed by atoms with E-state index in [4.69, 9.17) is 30.6 Å². The molecule has 2 heterocycles. The molecule has 2 rings (SSSR count). The van der Waals surface area contributed by atoms with Gasteiger partial charge in [-0.1, -0.05) is 0 Å². The van der Waals surface area contributed by atoms with Crippen LogP contribution in [0.4, 0.5) is 0 Å². The highest BCUT2D eigenvalue weighted by molar-refractivity contribution is 6.47. The summed E-state index contributed by atoms with van der Waals surface area (Å²) in [5.74, 6) is -1.15. The van der Waals surface area contributed by atoms with Crippen LogP contribution >= 0.6 is 0 Å². The minimum absolute atomic E-state index is 0.0529. The van der Waals surface area contributed by atoms with E-state index in [1.807, 2.05) is 0 Å². The van der Waals surface area contributed by atoms with Gasteiger partial charge < -0.3 is 35.5 Å². The number of ether oxygens (including phenoxy) is 1. The second kappa shape index (κ2) is 6.28. The van der Waals surface area contributed by atoms with Crippen LogP contribution in [0.25, 0.3) is 0 Å². The summed E-state index contributed by atoms with van der Waals surface area (Å²) in [6.45, 7) is 1.78. The quantitative estimate of drug-likeness (QED) is 0.463. The van der Waals surface area contributed by atoms with Gasteiger partial charge in [0, 0.05) is 13.2 Å². The van der Waals surface area contributed by atoms with Crippen molar-refractivity contribution in [3.05, 3.63) is 0 Å². The third kappa shape index (κ3) is 3.04. The van der Waals surface area contributed by atoms with Gasteiger partial charge in [0.25, 0.3) is 0 Å². The number of carbonyl (C=O) groups is 2. The van der Waals surface area contributed by atoms with Crippen LogP contribution in [0.3, 0.4) is 0 Å². The summed E-state index contributed by atoms with van der Waals surface area (Å²) < 4.78 is 15.9. The van der Waals surface area contributed by atoms with E-state index in [9.17, 15) is 9.59 Å². The maximum absolute atomic E-state index is 12.2. The molecule has 0 spiro atoms. The minimum Gasteiger partial charge on any atom is -0.507 e. The normalized spacial score (nSPS) is 30.7. The van der Waals surface area contributed by atoms with Gasteiger partial charge in [-0.25, -0.2) is 0 Å². The lowest BCUT2D eigenvalue weighted by Crippen LogP contribution is -2.58. The van der Waals surface area contributed by atoms with Gasteiger partial charge in [0.2, 0.25) is 5.91 Å². The number of hydrogen-bond donors (Lipinski definition) is 3. The average Bonchev–Trinajstić information content (AvgIpc) is 2.76. The van der Waals surface area contributed by atoms with Gasteiger partial charge in [-0.2, -0.15) is 0 Å². The van der Waals surface area contributed by atoms with E-state index in [1.54, 1.807) is 6.92 Å². The van der Waals surface area contributed by atoms with E-state index in [0.29, 0.717) is 6.61 Å². The maximum atomic E-state index is 12.2. The van der Waals surface area contributed by atoms with Gasteiger partial charge in [-0.15, -0.1) is 0 Å². The number of nitrogens with zero attached hydrogens (tertiary/aromatic N) is 1. The van der Waals surface area contributed by atoms with Gasteiger partial charge >= 0.3 is 13.1 Å². The van der Waals surface area contributed by atoms with Crippen LogP contribution in [0, 0.1) is 0 Å². The first-order chi connectivity index (χ1) is 9.92. The summed E-state index contributed by atoms with van der Waals surface area (Å²) in [6, 6.07) is -1.04. The van der Waals surface area contributed by atoms with Gasteiger partial charge in [-0.3, -0.25) is 9.59 Å². The molecule has 2 aliphatic rings. The number of hydrogen-bond acceptors (Lipinski definition) is 8. The van der Waals surface area contributed by atoms with Crippen LogP contribution in [-0.2, 0) is 23.6 Å². The summed E-state index contributed by atoms with van der Waals surface area (Å²) in [7, 11) is -0.794. The molecule has 9 nitrogen and oxygen atoms in total. The van der Waals surface area contributed by atoms with Gasteiger partial charge in [-0.05, 0) is 6.92 Å². The van der Waals surface area contributed by atoms with Crippen LogP contribution in [0.1, 0.15) is 6.92 Å². The molecule has 5 N–H and O–H groups in total. The smallest absolute Gasteiger partial charge is 0.507 e. The third-order valence-corrected chi connectivity index (χ3v) is 3.64. The molecule has 0 aromatic carbocycles. The van der Waals surface area contributed by atoms with Crippen LogP contribution < -0.4 is 11.5 Å². The van der Waals surface area contributed by atoms with Gasteiger partial charge in [0.05, 0.1) is 19.7 Å². The van der Waals surface area contributed by atoms with Crippen molar-refractivity contribution in [2.24, 2.45) is 11.5 Å². The minimum atomic E-state index is -1.45. The molecule has 0 aromatic heterocycles. The fourth-order valence-corrected chi connectivity index (χ4v) is 2.45. The summed E-state index contributed by atoms with van der Waals surface area (Å²) in [4.78, 5) is 25.5. The molecule has 0 saturated carbocycles. The highest BCUT2D eigenvalue weighted by Gasteiger charge is 2.56. The SMILES string of the molecule is CCOB1COC2CN(C(=O)C(N)CO)CC2(N)C(=O)O1. The predicted octanol–water partition coefficient (Wildman–Crippen LogP) is -3.15. The van der Waals surface area contributed by atoms with Gasteiger partial charge in [0.15, 0.2) is 5.54 Å². The topological polar surface area (TPSA) is 137 Å². The summed E-state index contributed by atoms with van der Waals surface area (Å²) >= 11 is 0. The van der Waals surface area contributed by atoms with Crippen molar-refractivity contribution < 1.29 is 28.7 Å². The lowest BCUT2D eigenvalue weighted by molar-refractivity contribution is -0.143. The van der Waals surface area contributed by atoms with E-state index >= 15 is 0 Å². The number of carbonyl (C=O) groups excluding carboxylic acids is 2. The zero-order chi connectivity index (χ0) is 15.6. The Morgan fingerprint density at radius 2 is 2.43 bits per heavy atom. The van der Waals surface area contributed by atoms with E-state index in [-0.39, 0.29) is 19.6 Å².